The summed E-state index contributed by atoms with van der Waals surface area (Å²) in [7, 11) is -1.96. The van der Waals surface area contributed by atoms with Crippen LogP contribution in [-0.4, -0.2) is 15.5 Å². The lowest BCUT2D eigenvalue weighted by atomic mass is 10.2. The highest BCUT2D eigenvalue weighted by atomic mass is 32.2. The van der Waals surface area contributed by atoms with Gasteiger partial charge in [-0.15, -0.1) is 0 Å². The van der Waals surface area contributed by atoms with Gasteiger partial charge in [-0.05, 0) is 24.6 Å². The monoisotopic (exact) mass is 215 g/mol. The van der Waals surface area contributed by atoms with E-state index >= 15 is 0 Å². The van der Waals surface area contributed by atoms with Gasteiger partial charge >= 0.3 is 0 Å². The minimum Gasteiger partial charge on any atom is -0.497 e. The molecule has 1 rings (SSSR count). The maximum Gasteiger partial charge on any atom is 0.215 e. The van der Waals surface area contributed by atoms with Crippen LogP contribution in [0.15, 0.2) is 24.3 Å². The van der Waals surface area contributed by atoms with Crippen LogP contribution in [0.5, 0.6) is 5.75 Å². The Kier molecular flexibility index (Phi) is 3.13. The zero-order valence-corrected chi connectivity index (χ0v) is 8.91. The summed E-state index contributed by atoms with van der Waals surface area (Å²) in [6, 6.07) is 6.79. The lowest BCUT2D eigenvalue weighted by Gasteiger charge is -2.09. The quantitative estimate of drug-likeness (QED) is 0.819. The largest absolute Gasteiger partial charge is 0.497 e. The molecule has 4 nitrogen and oxygen atoms in total. The van der Waals surface area contributed by atoms with Crippen molar-refractivity contribution in [2.75, 3.05) is 7.11 Å². The number of methoxy groups -OCH3 is 1. The van der Waals surface area contributed by atoms with Crippen molar-refractivity contribution in [1.29, 1.82) is 0 Å². The molecule has 0 saturated heterocycles. The van der Waals surface area contributed by atoms with Crippen molar-refractivity contribution in [3.63, 3.8) is 0 Å². The molecule has 0 heterocycles. The molecule has 1 aromatic rings. The Labute approximate surface area is 83.7 Å². The third-order valence-corrected chi connectivity index (χ3v) is 3.34. The van der Waals surface area contributed by atoms with Gasteiger partial charge in [0.1, 0.15) is 5.75 Å². The fourth-order valence-corrected chi connectivity index (χ4v) is 1.60. The zero-order chi connectivity index (χ0) is 10.8. The maximum absolute atomic E-state index is 11.0. The molecular weight excluding hydrogens is 202 g/mol. The molecule has 0 radical (unpaired) electrons. The molecule has 0 aliphatic heterocycles. The summed E-state index contributed by atoms with van der Waals surface area (Å²) in [4.78, 5) is 0. The van der Waals surface area contributed by atoms with E-state index in [9.17, 15) is 8.42 Å². The van der Waals surface area contributed by atoms with Crippen LogP contribution in [0, 0.1) is 0 Å². The summed E-state index contributed by atoms with van der Waals surface area (Å²) in [6.07, 6.45) is 0. The Balaban J connectivity index is 2.98. The maximum atomic E-state index is 11.0. The predicted octanol–water partition coefficient (Wildman–Crippen LogP) is 1.04. The summed E-state index contributed by atoms with van der Waals surface area (Å²) < 4.78 is 27.0. The van der Waals surface area contributed by atoms with Crippen LogP contribution >= 0.6 is 0 Å². The Morgan fingerprint density at radius 1 is 1.29 bits per heavy atom. The number of sulfonamides is 1. The first kappa shape index (κ1) is 11.0. The van der Waals surface area contributed by atoms with E-state index < -0.39 is 15.3 Å². The summed E-state index contributed by atoms with van der Waals surface area (Å²) >= 11 is 0. The summed E-state index contributed by atoms with van der Waals surface area (Å²) in [5, 5.41) is 4.34. The third-order valence-electron chi connectivity index (χ3n) is 2.08. The van der Waals surface area contributed by atoms with Gasteiger partial charge in [0.25, 0.3) is 0 Å². The zero-order valence-electron chi connectivity index (χ0n) is 8.10. The number of nitrogens with two attached hydrogens (primary N) is 1. The van der Waals surface area contributed by atoms with Gasteiger partial charge in [-0.25, -0.2) is 13.6 Å². The van der Waals surface area contributed by atoms with Crippen molar-refractivity contribution < 1.29 is 13.2 Å². The molecule has 0 aliphatic rings. The Morgan fingerprint density at radius 2 is 1.79 bits per heavy atom. The first-order valence-corrected chi connectivity index (χ1v) is 5.71. The van der Waals surface area contributed by atoms with E-state index in [4.69, 9.17) is 9.88 Å². The molecule has 0 bridgehead atoms. The van der Waals surface area contributed by atoms with Gasteiger partial charge in [-0.1, -0.05) is 12.1 Å². The minimum atomic E-state index is -3.52. The van der Waals surface area contributed by atoms with Crippen LogP contribution in [0.25, 0.3) is 0 Å². The molecule has 0 fully saturated rings. The van der Waals surface area contributed by atoms with Gasteiger partial charge in [0.15, 0.2) is 0 Å². The Bertz CT molecular complexity index is 397. The highest BCUT2D eigenvalue weighted by Crippen LogP contribution is 2.21. The van der Waals surface area contributed by atoms with Crippen molar-refractivity contribution in [2.45, 2.75) is 12.2 Å². The van der Waals surface area contributed by atoms with Gasteiger partial charge in [0, 0.05) is 0 Å². The van der Waals surface area contributed by atoms with Gasteiger partial charge in [0.2, 0.25) is 10.0 Å². The topological polar surface area (TPSA) is 69.4 Å². The predicted molar refractivity (Wildman–Crippen MR) is 54.5 cm³/mol. The van der Waals surface area contributed by atoms with Crippen molar-refractivity contribution in [2.24, 2.45) is 5.14 Å². The van der Waals surface area contributed by atoms with E-state index in [2.05, 4.69) is 0 Å². The number of benzene rings is 1. The van der Waals surface area contributed by atoms with E-state index in [1.165, 1.54) is 0 Å². The number of rotatable bonds is 3. The number of hydrogen-bond donors (Lipinski definition) is 1. The first-order chi connectivity index (χ1) is 6.45. The van der Waals surface area contributed by atoms with Crippen LogP contribution < -0.4 is 9.88 Å². The second kappa shape index (κ2) is 3.98. The van der Waals surface area contributed by atoms with Gasteiger partial charge in [-0.2, -0.15) is 0 Å². The fourth-order valence-electron chi connectivity index (χ4n) is 1.06. The molecule has 0 saturated carbocycles. The van der Waals surface area contributed by atoms with Crippen LogP contribution in [-0.2, 0) is 10.0 Å². The number of primary sulfonamides is 1. The summed E-state index contributed by atoms with van der Waals surface area (Å²) in [5.41, 5.74) is 0.660. The molecule has 0 aliphatic carbocycles. The number of ether oxygens (including phenoxy) is 1. The standard InChI is InChI=1S/C9H13NO3S/c1-7(14(10,11)12)8-3-5-9(13-2)6-4-8/h3-7H,1-2H3,(H2,10,11,12). The van der Waals surface area contributed by atoms with Crippen LogP contribution in [0.3, 0.4) is 0 Å². The van der Waals surface area contributed by atoms with E-state index in [0.717, 1.165) is 0 Å². The molecule has 0 aromatic heterocycles. The van der Waals surface area contributed by atoms with E-state index in [1.54, 1.807) is 38.3 Å². The second-order valence-electron chi connectivity index (χ2n) is 3.00. The van der Waals surface area contributed by atoms with Crippen LogP contribution in [0.1, 0.15) is 17.7 Å². The van der Waals surface area contributed by atoms with Crippen LogP contribution in [0.4, 0.5) is 0 Å². The summed E-state index contributed by atoms with van der Waals surface area (Å²) in [6.45, 7) is 1.55. The third kappa shape index (κ3) is 2.46. The Hall–Kier alpha value is -1.07. The highest BCUT2D eigenvalue weighted by Gasteiger charge is 2.17. The van der Waals surface area contributed by atoms with E-state index in [1.807, 2.05) is 0 Å². The average Bonchev–Trinajstić information content (AvgIpc) is 2.15. The molecule has 2 N–H and O–H groups in total. The van der Waals surface area contributed by atoms with Gasteiger partial charge < -0.3 is 4.74 Å². The molecule has 78 valence electrons. The van der Waals surface area contributed by atoms with E-state index in [-0.39, 0.29) is 0 Å². The van der Waals surface area contributed by atoms with Gasteiger partial charge in [-0.3, -0.25) is 0 Å². The van der Waals surface area contributed by atoms with Crippen molar-refractivity contribution in [3.05, 3.63) is 29.8 Å². The van der Waals surface area contributed by atoms with Gasteiger partial charge in [0.05, 0.1) is 12.4 Å². The lowest BCUT2D eigenvalue weighted by Crippen LogP contribution is -2.19. The van der Waals surface area contributed by atoms with E-state index in [0.29, 0.717) is 11.3 Å². The lowest BCUT2D eigenvalue weighted by molar-refractivity contribution is 0.414. The molecular formula is C9H13NO3S. The normalized spacial score (nSPS) is 13.6. The molecule has 0 amide bonds. The minimum absolute atomic E-state index is 0.660. The fraction of sp³-hybridized carbons (Fsp3) is 0.333. The van der Waals surface area contributed by atoms with Crippen molar-refractivity contribution in [3.8, 4) is 5.75 Å². The van der Waals surface area contributed by atoms with Crippen LogP contribution in [0.2, 0.25) is 0 Å². The molecule has 1 atom stereocenters. The SMILES string of the molecule is COc1ccc(C(C)S(N)(=O)=O)cc1. The molecule has 0 spiro atoms. The van der Waals surface area contributed by atoms with Crippen molar-refractivity contribution in [1.82, 2.24) is 0 Å². The summed E-state index contributed by atoms with van der Waals surface area (Å²) in [5.74, 6) is 0.690. The highest BCUT2D eigenvalue weighted by molar-refractivity contribution is 7.89. The molecule has 14 heavy (non-hydrogen) atoms. The molecule has 1 unspecified atom stereocenters. The second-order valence-corrected chi connectivity index (χ2v) is 4.89. The van der Waals surface area contributed by atoms with Crippen molar-refractivity contribution >= 4 is 10.0 Å². The Morgan fingerprint density at radius 3 is 2.14 bits per heavy atom. The molecule has 1 aromatic carbocycles. The number of hydrogen-bond acceptors (Lipinski definition) is 3. The average molecular weight is 215 g/mol. The molecule has 5 heteroatoms. The smallest absolute Gasteiger partial charge is 0.215 e. The first-order valence-electron chi connectivity index (χ1n) is 4.10.